The molecule has 2 aliphatic heterocycles. The van der Waals surface area contributed by atoms with Crippen LogP contribution in [0.4, 0.5) is 4.79 Å². The van der Waals surface area contributed by atoms with Gasteiger partial charge in [0.25, 0.3) is 0 Å². The van der Waals surface area contributed by atoms with Crippen LogP contribution < -0.4 is 34.7 Å². The van der Waals surface area contributed by atoms with Gasteiger partial charge in [0.05, 0.1) is 6.04 Å². The quantitative estimate of drug-likeness (QED) is 0.319. The molecule has 2 saturated heterocycles. The van der Waals surface area contributed by atoms with E-state index in [1.807, 2.05) is 11.0 Å². The molecule has 2 bridgehead atoms. The molecular weight excluding hydrogens is 283 g/mol. The normalized spacial score (nSPS) is 20.1. The fraction of sp³-hybridized carbons (Fsp3) is 0.429. The molecule has 21 heavy (non-hydrogen) atoms. The molecule has 2 fully saturated rings. The Morgan fingerprint density at radius 2 is 2.14 bits per heavy atom. The van der Waals surface area contributed by atoms with Gasteiger partial charge in [-0.15, -0.1) is 0 Å². The van der Waals surface area contributed by atoms with E-state index < -0.39 is 6.47 Å². The molecule has 2 aliphatic rings. The maximum absolute atomic E-state index is 11.9. The van der Waals surface area contributed by atoms with E-state index in [0.29, 0.717) is 6.61 Å². The molecule has 0 aliphatic carbocycles. The van der Waals surface area contributed by atoms with Crippen LogP contribution in [0, 0.1) is 0 Å². The summed E-state index contributed by atoms with van der Waals surface area (Å²) < 4.78 is 0. The van der Waals surface area contributed by atoms with Crippen LogP contribution in [0.1, 0.15) is 12.8 Å². The van der Waals surface area contributed by atoms with Crippen LogP contribution in [0.25, 0.3) is 0 Å². The molecule has 1 atom stereocenters. The molecule has 6 nitrogen and oxygen atoms in total. The molecule has 110 valence electrons. The third-order valence-corrected chi connectivity index (χ3v) is 3.15. The maximum Gasteiger partial charge on any atom is 1.00 e. The fourth-order valence-corrected chi connectivity index (χ4v) is 2.25. The van der Waals surface area contributed by atoms with Crippen molar-refractivity contribution in [1.29, 1.82) is 0 Å². The standard InChI is InChI=1S/C13H18N2O2.CH2O2.Na/c1-3-6-11(4-2)10-17-15-12-7-5-8-14(9-12)13(15)16;2-1-3;/h3-4,6,12H,1-2,5,7-10H2;1H,(H,2,3);/q;;+1/p-1/b11-6+;;. The number of allylic oxidation sites excluding steroid dienone is 2. The van der Waals surface area contributed by atoms with Gasteiger partial charge in [-0.2, -0.15) is 5.06 Å². The zero-order valence-corrected chi connectivity index (χ0v) is 14.4. The first-order chi connectivity index (χ1) is 9.67. The number of carbonyl (C=O) groups excluding carboxylic acids is 2. The first kappa shape index (κ1) is 19.9. The molecule has 7 heteroatoms. The van der Waals surface area contributed by atoms with Crippen LogP contribution in [0.15, 0.2) is 37.0 Å². The summed E-state index contributed by atoms with van der Waals surface area (Å²) in [6, 6.07) is 0.209. The second-order valence-corrected chi connectivity index (χ2v) is 4.40. The van der Waals surface area contributed by atoms with E-state index in [1.54, 1.807) is 12.2 Å². The van der Waals surface area contributed by atoms with Gasteiger partial charge < -0.3 is 14.8 Å². The van der Waals surface area contributed by atoms with E-state index in [9.17, 15) is 4.79 Å². The van der Waals surface area contributed by atoms with Crippen molar-refractivity contribution in [3.05, 3.63) is 37.0 Å². The number of hydroxylamine groups is 2. The summed E-state index contributed by atoms with van der Waals surface area (Å²) in [6.45, 7) is 8.85. The summed E-state index contributed by atoms with van der Waals surface area (Å²) in [5.74, 6) is 0. The Morgan fingerprint density at radius 1 is 1.48 bits per heavy atom. The molecule has 0 aromatic heterocycles. The zero-order chi connectivity index (χ0) is 15.0. The van der Waals surface area contributed by atoms with Crippen LogP contribution in [0.2, 0.25) is 0 Å². The van der Waals surface area contributed by atoms with Crippen molar-refractivity contribution in [3.63, 3.8) is 0 Å². The van der Waals surface area contributed by atoms with Gasteiger partial charge in [0.1, 0.15) is 6.61 Å². The number of fused-ring (bicyclic) bond motifs is 2. The van der Waals surface area contributed by atoms with Crippen molar-refractivity contribution >= 4 is 12.5 Å². The van der Waals surface area contributed by atoms with Crippen molar-refractivity contribution in [2.75, 3.05) is 19.7 Å². The number of carbonyl (C=O) groups is 2. The van der Waals surface area contributed by atoms with Crippen molar-refractivity contribution in [2.45, 2.75) is 18.9 Å². The first-order valence-electron chi connectivity index (χ1n) is 6.38. The monoisotopic (exact) mass is 302 g/mol. The number of rotatable bonds is 5. The molecule has 0 radical (unpaired) electrons. The predicted molar refractivity (Wildman–Crippen MR) is 72.3 cm³/mol. The number of carboxylic acid groups (broad SMARTS) is 1. The number of amides is 2. The number of urea groups is 1. The Morgan fingerprint density at radius 3 is 2.67 bits per heavy atom. The summed E-state index contributed by atoms with van der Waals surface area (Å²) in [5.41, 5.74) is 0.921. The van der Waals surface area contributed by atoms with Crippen LogP contribution in [0.3, 0.4) is 0 Å². The zero-order valence-electron chi connectivity index (χ0n) is 12.4. The van der Waals surface area contributed by atoms with Crippen molar-refractivity contribution in [1.82, 2.24) is 9.96 Å². The molecule has 0 aromatic carbocycles. The second-order valence-electron chi connectivity index (χ2n) is 4.40. The van der Waals surface area contributed by atoms with Crippen LogP contribution in [0.5, 0.6) is 0 Å². The smallest absolute Gasteiger partial charge is 0.554 e. The number of nitrogens with zero attached hydrogens (tertiary/aromatic N) is 2. The van der Waals surface area contributed by atoms with Crippen LogP contribution in [-0.2, 0) is 9.63 Å². The molecular formula is C14H19N2NaO4. The summed E-state index contributed by atoms with van der Waals surface area (Å²) in [4.78, 5) is 27.6. The topological polar surface area (TPSA) is 72.9 Å². The predicted octanol–water partition coefficient (Wildman–Crippen LogP) is -2.51. The van der Waals surface area contributed by atoms with Gasteiger partial charge in [0.15, 0.2) is 0 Å². The molecule has 0 spiro atoms. The van der Waals surface area contributed by atoms with Crippen molar-refractivity contribution in [3.8, 4) is 0 Å². The number of piperidine rings is 1. The van der Waals surface area contributed by atoms with Gasteiger partial charge in [-0.3, -0.25) is 4.84 Å². The minimum atomic E-state index is -0.500. The molecule has 2 amide bonds. The summed E-state index contributed by atoms with van der Waals surface area (Å²) in [5, 5.41) is 9.77. The van der Waals surface area contributed by atoms with Gasteiger partial charge in [-0.1, -0.05) is 31.4 Å². The summed E-state index contributed by atoms with van der Waals surface area (Å²) >= 11 is 0. The third kappa shape index (κ3) is 5.67. The van der Waals surface area contributed by atoms with Crippen LogP contribution in [-0.4, -0.2) is 48.2 Å². The van der Waals surface area contributed by atoms with Gasteiger partial charge in [-0.25, -0.2) is 4.79 Å². The van der Waals surface area contributed by atoms with E-state index in [2.05, 4.69) is 13.2 Å². The molecule has 0 N–H and O–H groups in total. The molecule has 0 aromatic rings. The van der Waals surface area contributed by atoms with Crippen molar-refractivity contribution in [2.24, 2.45) is 0 Å². The molecule has 1 unspecified atom stereocenters. The van der Waals surface area contributed by atoms with E-state index >= 15 is 0 Å². The molecule has 2 rings (SSSR count). The minimum Gasteiger partial charge on any atom is -0.554 e. The van der Waals surface area contributed by atoms with Crippen LogP contribution >= 0.6 is 0 Å². The average Bonchev–Trinajstić information content (AvgIpc) is 2.66. The van der Waals surface area contributed by atoms with Gasteiger partial charge in [0.2, 0.25) is 0 Å². The fourth-order valence-electron chi connectivity index (χ4n) is 2.25. The van der Waals surface area contributed by atoms with Gasteiger partial charge in [-0.05, 0) is 18.4 Å². The third-order valence-electron chi connectivity index (χ3n) is 3.15. The largest absolute Gasteiger partial charge is 1.00 e. The Bertz CT molecular complexity index is 412. The Hall–Kier alpha value is -1.08. The molecule has 0 saturated carbocycles. The Labute approximate surface area is 147 Å². The van der Waals surface area contributed by atoms with E-state index in [-0.39, 0.29) is 41.6 Å². The number of hydrogen-bond acceptors (Lipinski definition) is 4. The van der Waals surface area contributed by atoms with E-state index in [0.717, 1.165) is 31.5 Å². The average molecular weight is 302 g/mol. The van der Waals surface area contributed by atoms with E-state index in [4.69, 9.17) is 14.7 Å². The Kier molecular flexibility index (Phi) is 10.1. The van der Waals surface area contributed by atoms with Gasteiger partial charge >= 0.3 is 35.6 Å². The SMILES string of the molecule is C=C/C=C(\C=C)CON1C(=O)N2CCCC1C2.O=C[O-].[Na+]. The first-order valence-corrected chi connectivity index (χ1v) is 6.38. The van der Waals surface area contributed by atoms with E-state index in [1.165, 1.54) is 5.06 Å². The Balaban J connectivity index is 0.000000922. The summed E-state index contributed by atoms with van der Waals surface area (Å²) in [6.07, 6.45) is 7.33. The maximum atomic E-state index is 11.9. The van der Waals surface area contributed by atoms with Crippen molar-refractivity contribution < 1.29 is 49.1 Å². The van der Waals surface area contributed by atoms with Gasteiger partial charge in [0, 0.05) is 19.6 Å². The second kappa shape index (κ2) is 10.6. The number of hydrogen-bond donors (Lipinski definition) is 0. The molecule has 2 heterocycles. The minimum absolute atomic E-state index is 0. The summed E-state index contributed by atoms with van der Waals surface area (Å²) in [7, 11) is 0.